The van der Waals surface area contributed by atoms with Gasteiger partial charge in [-0.25, -0.2) is 13.1 Å². The van der Waals surface area contributed by atoms with Crippen LogP contribution in [0.25, 0.3) is 11.5 Å². The first-order chi connectivity index (χ1) is 13.0. The molecular formula is C18H17N3O5S. The van der Waals surface area contributed by atoms with Crippen LogP contribution < -0.4 is 15.2 Å². The third kappa shape index (κ3) is 4.72. The molecule has 140 valence electrons. The molecule has 3 rings (SSSR count). The highest BCUT2D eigenvalue weighted by Gasteiger charge is 2.16. The van der Waals surface area contributed by atoms with Crippen LogP contribution in [0.3, 0.4) is 0 Å². The second kappa shape index (κ2) is 8.02. The van der Waals surface area contributed by atoms with Gasteiger partial charge in [-0.2, -0.15) is 0 Å². The smallest absolute Gasteiger partial charge is 0.255 e. The molecule has 3 N–H and O–H groups in total. The van der Waals surface area contributed by atoms with E-state index >= 15 is 0 Å². The van der Waals surface area contributed by atoms with E-state index in [9.17, 15) is 13.2 Å². The van der Waals surface area contributed by atoms with Gasteiger partial charge in [-0.1, -0.05) is 6.07 Å². The molecule has 0 atom stereocenters. The molecule has 1 amide bonds. The number of furan rings is 1. The van der Waals surface area contributed by atoms with E-state index in [1.807, 2.05) is 0 Å². The molecule has 27 heavy (non-hydrogen) atoms. The number of hydrogen-bond donors (Lipinski definition) is 2. The van der Waals surface area contributed by atoms with E-state index in [0.717, 1.165) is 0 Å². The van der Waals surface area contributed by atoms with Gasteiger partial charge in [0.15, 0.2) is 12.4 Å². The normalized spacial score (nSPS) is 11.3. The van der Waals surface area contributed by atoms with Gasteiger partial charge in [0.05, 0.1) is 11.2 Å². The van der Waals surface area contributed by atoms with Crippen molar-refractivity contribution in [1.82, 2.24) is 9.71 Å². The lowest BCUT2D eigenvalue weighted by Gasteiger charge is -2.10. The zero-order valence-electron chi connectivity index (χ0n) is 14.2. The molecule has 0 spiro atoms. The molecule has 8 nitrogen and oxygen atoms in total. The van der Waals surface area contributed by atoms with Gasteiger partial charge < -0.3 is 14.9 Å². The largest absolute Gasteiger partial charge is 0.484 e. The molecule has 0 aliphatic rings. The minimum absolute atomic E-state index is 0.0478. The number of pyridine rings is 1. The lowest BCUT2D eigenvalue weighted by atomic mass is 10.1. The number of carbonyl (C=O) groups excluding carboxylic acids is 1. The molecule has 0 aliphatic carbocycles. The second-order valence-electron chi connectivity index (χ2n) is 5.54. The van der Waals surface area contributed by atoms with Gasteiger partial charge in [0, 0.05) is 12.7 Å². The quantitative estimate of drug-likeness (QED) is 0.606. The zero-order chi connectivity index (χ0) is 19.3. The van der Waals surface area contributed by atoms with Crippen molar-refractivity contribution in [3.63, 3.8) is 0 Å². The van der Waals surface area contributed by atoms with Crippen LogP contribution in [0.4, 0.5) is 0 Å². The second-order valence-corrected chi connectivity index (χ2v) is 7.31. The summed E-state index contributed by atoms with van der Waals surface area (Å²) in [5.41, 5.74) is 6.25. The van der Waals surface area contributed by atoms with Gasteiger partial charge in [0.2, 0.25) is 10.0 Å². The molecule has 0 aliphatic heterocycles. The summed E-state index contributed by atoms with van der Waals surface area (Å²) >= 11 is 0. The Morgan fingerprint density at radius 2 is 1.93 bits per heavy atom. The monoisotopic (exact) mass is 387 g/mol. The van der Waals surface area contributed by atoms with Gasteiger partial charge in [0.25, 0.3) is 5.91 Å². The third-order valence-corrected chi connectivity index (χ3v) is 5.03. The number of nitrogens with one attached hydrogen (secondary N) is 1. The highest BCUT2D eigenvalue weighted by Crippen LogP contribution is 2.22. The molecule has 9 heteroatoms. The highest BCUT2D eigenvalue weighted by atomic mass is 32.2. The zero-order valence-corrected chi connectivity index (χ0v) is 15.0. The van der Waals surface area contributed by atoms with Crippen LogP contribution in [0.15, 0.2) is 70.3 Å². The van der Waals surface area contributed by atoms with Crippen molar-refractivity contribution in [2.75, 3.05) is 6.61 Å². The topological polar surface area (TPSA) is 125 Å². The molecule has 0 saturated heterocycles. The predicted molar refractivity (Wildman–Crippen MR) is 97.1 cm³/mol. The molecule has 3 aromatic rings. The van der Waals surface area contributed by atoms with E-state index in [2.05, 4.69) is 9.71 Å². The standard InChI is InChI=1S/C18H17N3O5S/c19-17(22)12-26-14-5-7-15(8-6-14)27(23,24)21-11-13-3-1-9-20-18(13)16-4-2-10-25-16/h1-10,21H,11-12H2,(H2,19,22). The molecule has 1 aromatic carbocycles. The molecule has 2 aromatic heterocycles. The van der Waals surface area contributed by atoms with Gasteiger partial charge in [0.1, 0.15) is 11.4 Å². The Bertz CT molecular complexity index is 1020. The van der Waals surface area contributed by atoms with E-state index < -0.39 is 15.9 Å². The Kier molecular flexibility index (Phi) is 5.53. The first kappa shape index (κ1) is 18.6. The number of rotatable bonds is 8. The van der Waals surface area contributed by atoms with E-state index in [1.165, 1.54) is 30.5 Å². The summed E-state index contributed by atoms with van der Waals surface area (Å²) in [6, 6.07) is 12.7. The van der Waals surface area contributed by atoms with Gasteiger partial charge >= 0.3 is 0 Å². The molecular weight excluding hydrogens is 370 g/mol. The van der Waals surface area contributed by atoms with Gasteiger partial charge in [-0.05, 0) is 48.0 Å². The van der Waals surface area contributed by atoms with Crippen molar-refractivity contribution in [3.8, 4) is 17.2 Å². The summed E-state index contributed by atoms with van der Waals surface area (Å²) < 4.78 is 38.0. The number of amides is 1. The number of hydrogen-bond acceptors (Lipinski definition) is 6. The fraction of sp³-hybridized carbons (Fsp3) is 0.111. The Balaban J connectivity index is 1.72. The summed E-state index contributed by atoms with van der Waals surface area (Å²) in [6.07, 6.45) is 3.14. The van der Waals surface area contributed by atoms with E-state index in [-0.39, 0.29) is 18.0 Å². The van der Waals surface area contributed by atoms with E-state index in [0.29, 0.717) is 22.8 Å². The van der Waals surface area contributed by atoms with E-state index in [1.54, 1.807) is 30.5 Å². The summed E-state index contributed by atoms with van der Waals surface area (Å²) in [6.45, 7) is -0.229. The number of benzene rings is 1. The van der Waals surface area contributed by atoms with Crippen LogP contribution in [0.2, 0.25) is 0 Å². The van der Waals surface area contributed by atoms with Crippen molar-refractivity contribution < 1.29 is 22.4 Å². The maximum Gasteiger partial charge on any atom is 0.255 e. The van der Waals surface area contributed by atoms with Crippen molar-refractivity contribution in [2.45, 2.75) is 11.4 Å². The Morgan fingerprint density at radius 1 is 1.15 bits per heavy atom. The molecule has 0 fully saturated rings. The van der Waals surface area contributed by atoms with Gasteiger partial charge in [-0.15, -0.1) is 0 Å². The summed E-state index contributed by atoms with van der Waals surface area (Å²) in [4.78, 5) is 15.0. The maximum absolute atomic E-state index is 12.5. The molecule has 2 heterocycles. The first-order valence-corrected chi connectivity index (χ1v) is 9.42. The lowest BCUT2D eigenvalue weighted by molar-refractivity contribution is -0.119. The Labute approximate surface area is 156 Å². The van der Waals surface area contributed by atoms with Crippen LogP contribution >= 0.6 is 0 Å². The fourth-order valence-electron chi connectivity index (χ4n) is 2.34. The lowest BCUT2D eigenvalue weighted by Crippen LogP contribution is -2.23. The summed E-state index contributed by atoms with van der Waals surface area (Å²) in [5.74, 6) is 0.290. The average molecular weight is 387 g/mol. The fourth-order valence-corrected chi connectivity index (χ4v) is 3.35. The van der Waals surface area contributed by atoms with Crippen LogP contribution in [-0.2, 0) is 21.4 Å². The number of aromatic nitrogens is 1. The highest BCUT2D eigenvalue weighted by molar-refractivity contribution is 7.89. The molecule has 0 bridgehead atoms. The third-order valence-electron chi connectivity index (χ3n) is 3.61. The summed E-state index contributed by atoms with van der Waals surface area (Å²) in [5, 5.41) is 0. The average Bonchev–Trinajstić information content (AvgIpc) is 3.20. The predicted octanol–water partition coefficient (Wildman–Crippen LogP) is 1.68. The van der Waals surface area contributed by atoms with Crippen molar-refractivity contribution in [1.29, 1.82) is 0 Å². The number of carbonyl (C=O) groups is 1. The number of nitrogens with two attached hydrogens (primary N) is 1. The number of ether oxygens (including phenoxy) is 1. The molecule has 0 saturated carbocycles. The number of primary amides is 1. The van der Waals surface area contributed by atoms with E-state index in [4.69, 9.17) is 14.9 Å². The van der Waals surface area contributed by atoms with Crippen molar-refractivity contribution in [2.24, 2.45) is 5.73 Å². The van der Waals surface area contributed by atoms with Crippen LogP contribution in [-0.4, -0.2) is 25.9 Å². The first-order valence-electron chi connectivity index (χ1n) is 7.94. The van der Waals surface area contributed by atoms with Crippen LogP contribution in [0.1, 0.15) is 5.56 Å². The number of nitrogens with zero attached hydrogens (tertiary/aromatic N) is 1. The van der Waals surface area contributed by atoms with Crippen LogP contribution in [0.5, 0.6) is 5.75 Å². The minimum Gasteiger partial charge on any atom is -0.484 e. The number of sulfonamides is 1. The SMILES string of the molecule is NC(=O)COc1ccc(S(=O)(=O)NCc2cccnc2-c2ccco2)cc1. The van der Waals surface area contributed by atoms with Crippen molar-refractivity contribution in [3.05, 3.63) is 66.6 Å². The van der Waals surface area contributed by atoms with Gasteiger partial charge in [-0.3, -0.25) is 9.78 Å². The Morgan fingerprint density at radius 3 is 2.59 bits per heavy atom. The van der Waals surface area contributed by atoms with Crippen molar-refractivity contribution >= 4 is 15.9 Å². The molecule has 0 radical (unpaired) electrons. The maximum atomic E-state index is 12.5. The Hall–Kier alpha value is -3.17. The van der Waals surface area contributed by atoms with Crippen LogP contribution in [0, 0.1) is 0 Å². The molecule has 0 unspecified atom stereocenters. The summed E-state index contributed by atoms with van der Waals surface area (Å²) in [7, 11) is -3.75. The minimum atomic E-state index is -3.75.